The van der Waals surface area contributed by atoms with E-state index in [2.05, 4.69) is 4.98 Å². The van der Waals surface area contributed by atoms with Crippen molar-refractivity contribution >= 4 is 17.6 Å². The Morgan fingerprint density at radius 1 is 1.42 bits per heavy atom. The maximum absolute atomic E-state index is 13.8. The lowest BCUT2D eigenvalue weighted by Gasteiger charge is -2.23. The highest BCUT2D eigenvalue weighted by molar-refractivity contribution is 6.29. The number of hydrogen-bond donors (Lipinski definition) is 0. The third-order valence-electron chi connectivity index (χ3n) is 3.93. The predicted octanol–water partition coefficient (Wildman–Crippen LogP) is 3.70. The molecule has 126 valence electrons. The number of aromatic nitrogens is 1. The van der Waals surface area contributed by atoms with E-state index in [9.17, 15) is 13.6 Å². The van der Waals surface area contributed by atoms with Crippen molar-refractivity contribution in [1.29, 1.82) is 0 Å². The van der Waals surface area contributed by atoms with Crippen molar-refractivity contribution in [2.24, 2.45) is 0 Å². The molecule has 1 unspecified atom stereocenters. The standard InChI is InChI=1S/C17H14ClF2NO3/c1-10(22)23-8-17(7-19)9-24-16-13(17)6-14(18)21-15(16)11-2-4-12(20)5-3-11/h2-6H,7-9H2,1H3. The van der Waals surface area contributed by atoms with E-state index in [4.69, 9.17) is 21.1 Å². The molecule has 0 spiro atoms. The molecule has 0 amide bonds. The number of esters is 1. The second kappa shape index (κ2) is 6.36. The van der Waals surface area contributed by atoms with Crippen molar-refractivity contribution in [2.75, 3.05) is 19.9 Å². The molecule has 1 aliphatic heterocycles. The minimum Gasteiger partial charge on any atom is -0.490 e. The van der Waals surface area contributed by atoms with Gasteiger partial charge < -0.3 is 9.47 Å². The fourth-order valence-electron chi connectivity index (χ4n) is 2.64. The molecule has 0 N–H and O–H groups in total. The summed E-state index contributed by atoms with van der Waals surface area (Å²) in [7, 11) is 0. The summed E-state index contributed by atoms with van der Waals surface area (Å²) in [6.45, 7) is 0.319. The number of benzene rings is 1. The van der Waals surface area contributed by atoms with E-state index in [1.54, 1.807) is 12.1 Å². The number of hydrogen-bond acceptors (Lipinski definition) is 4. The zero-order valence-electron chi connectivity index (χ0n) is 12.8. The normalized spacial score (nSPS) is 18.8. The van der Waals surface area contributed by atoms with Gasteiger partial charge in [0.05, 0.1) is 5.41 Å². The number of carbonyl (C=O) groups excluding carboxylic acids is 1. The van der Waals surface area contributed by atoms with Gasteiger partial charge in [0.25, 0.3) is 0 Å². The van der Waals surface area contributed by atoms with Crippen molar-refractivity contribution in [1.82, 2.24) is 4.98 Å². The van der Waals surface area contributed by atoms with Gasteiger partial charge in [0.15, 0.2) is 0 Å². The van der Waals surface area contributed by atoms with Crippen LogP contribution in [0.25, 0.3) is 11.3 Å². The van der Waals surface area contributed by atoms with Crippen LogP contribution >= 0.6 is 11.6 Å². The first-order valence-corrected chi connectivity index (χ1v) is 7.62. The molecular formula is C17H14ClF2NO3. The molecule has 7 heteroatoms. The third-order valence-corrected chi connectivity index (χ3v) is 4.12. The van der Waals surface area contributed by atoms with Crippen LogP contribution in [-0.2, 0) is 14.9 Å². The van der Waals surface area contributed by atoms with E-state index in [-0.39, 0.29) is 24.2 Å². The van der Waals surface area contributed by atoms with Crippen LogP contribution in [0.5, 0.6) is 5.75 Å². The Labute approximate surface area is 142 Å². The van der Waals surface area contributed by atoms with Crippen LogP contribution < -0.4 is 4.74 Å². The van der Waals surface area contributed by atoms with Gasteiger partial charge in [-0.3, -0.25) is 4.79 Å². The highest BCUT2D eigenvalue weighted by Crippen LogP contribution is 2.45. The Bertz CT molecular complexity index is 782. The first kappa shape index (κ1) is 16.6. The molecule has 1 aromatic heterocycles. The van der Waals surface area contributed by atoms with E-state index in [0.717, 1.165) is 0 Å². The molecular weight excluding hydrogens is 340 g/mol. The molecule has 24 heavy (non-hydrogen) atoms. The minimum atomic E-state index is -1.12. The van der Waals surface area contributed by atoms with Gasteiger partial charge in [0.1, 0.15) is 42.3 Å². The molecule has 1 aliphatic rings. The quantitative estimate of drug-likeness (QED) is 0.621. The number of rotatable bonds is 4. The monoisotopic (exact) mass is 353 g/mol. The zero-order valence-corrected chi connectivity index (χ0v) is 13.6. The highest BCUT2D eigenvalue weighted by atomic mass is 35.5. The van der Waals surface area contributed by atoms with Crippen LogP contribution in [0, 0.1) is 5.82 Å². The fraction of sp³-hybridized carbons (Fsp3) is 0.294. The summed E-state index contributed by atoms with van der Waals surface area (Å²) in [5, 5.41) is 0.152. The van der Waals surface area contributed by atoms with Gasteiger partial charge in [-0.25, -0.2) is 13.8 Å². The molecule has 0 radical (unpaired) electrons. The smallest absolute Gasteiger partial charge is 0.302 e. The maximum atomic E-state index is 13.8. The Morgan fingerprint density at radius 3 is 2.75 bits per heavy atom. The molecule has 2 aromatic rings. The molecule has 0 aliphatic carbocycles. The summed E-state index contributed by atoms with van der Waals surface area (Å²) in [4.78, 5) is 15.3. The Balaban J connectivity index is 2.09. The number of halogens is 3. The van der Waals surface area contributed by atoms with Crippen LogP contribution in [0.3, 0.4) is 0 Å². The van der Waals surface area contributed by atoms with E-state index in [0.29, 0.717) is 22.6 Å². The van der Waals surface area contributed by atoms with Crippen LogP contribution in [0.1, 0.15) is 12.5 Å². The summed E-state index contributed by atoms with van der Waals surface area (Å²) in [6, 6.07) is 7.18. The number of nitrogens with zero attached hydrogens (tertiary/aromatic N) is 1. The van der Waals surface area contributed by atoms with Crippen LogP contribution in [0.2, 0.25) is 5.15 Å². The number of fused-ring (bicyclic) bond motifs is 1. The van der Waals surface area contributed by atoms with Crippen LogP contribution in [-0.4, -0.2) is 30.8 Å². The largest absolute Gasteiger partial charge is 0.490 e. The number of ether oxygens (including phenoxy) is 2. The SMILES string of the molecule is CC(=O)OCC1(CF)COc2c1cc(Cl)nc2-c1ccc(F)cc1. The highest BCUT2D eigenvalue weighted by Gasteiger charge is 2.44. The summed E-state index contributed by atoms with van der Waals surface area (Å²) in [5.74, 6) is -0.516. The molecule has 0 bridgehead atoms. The predicted molar refractivity (Wildman–Crippen MR) is 84.4 cm³/mol. The van der Waals surface area contributed by atoms with Gasteiger partial charge in [-0.15, -0.1) is 0 Å². The summed E-state index contributed by atoms with van der Waals surface area (Å²) < 4.78 is 37.6. The van der Waals surface area contributed by atoms with Crippen molar-refractivity contribution in [3.63, 3.8) is 0 Å². The average Bonchev–Trinajstić information content (AvgIpc) is 2.92. The van der Waals surface area contributed by atoms with Gasteiger partial charge in [0.2, 0.25) is 0 Å². The van der Waals surface area contributed by atoms with E-state index >= 15 is 0 Å². The van der Waals surface area contributed by atoms with E-state index < -0.39 is 18.1 Å². The van der Waals surface area contributed by atoms with Gasteiger partial charge in [-0.2, -0.15) is 0 Å². The van der Waals surface area contributed by atoms with Crippen LogP contribution in [0.4, 0.5) is 8.78 Å². The summed E-state index contributed by atoms with van der Waals surface area (Å²) >= 11 is 6.09. The first-order chi connectivity index (χ1) is 11.4. The number of carbonyl (C=O) groups is 1. The number of pyridine rings is 1. The van der Waals surface area contributed by atoms with E-state index in [1.165, 1.54) is 25.1 Å². The summed E-state index contributed by atoms with van der Waals surface area (Å²) in [6.07, 6.45) is 0. The van der Waals surface area contributed by atoms with Crippen LogP contribution in [0.15, 0.2) is 30.3 Å². The Morgan fingerprint density at radius 2 is 2.12 bits per heavy atom. The molecule has 3 rings (SSSR count). The van der Waals surface area contributed by atoms with Gasteiger partial charge in [0, 0.05) is 18.1 Å². The molecule has 0 saturated carbocycles. The Hall–Kier alpha value is -2.21. The minimum absolute atomic E-state index is 0.00231. The second-order valence-electron chi connectivity index (χ2n) is 5.66. The summed E-state index contributed by atoms with van der Waals surface area (Å²) in [5.41, 5.74) is 0.362. The molecule has 1 aromatic carbocycles. The lowest BCUT2D eigenvalue weighted by Crippen LogP contribution is -2.36. The molecule has 0 saturated heterocycles. The Kier molecular flexibility index (Phi) is 4.41. The van der Waals surface area contributed by atoms with E-state index in [1.807, 2.05) is 0 Å². The lowest BCUT2D eigenvalue weighted by molar-refractivity contribution is -0.143. The molecule has 4 nitrogen and oxygen atoms in total. The maximum Gasteiger partial charge on any atom is 0.302 e. The average molecular weight is 354 g/mol. The zero-order chi connectivity index (χ0) is 17.3. The first-order valence-electron chi connectivity index (χ1n) is 7.24. The second-order valence-corrected chi connectivity index (χ2v) is 6.05. The van der Waals surface area contributed by atoms with Crippen molar-refractivity contribution < 1.29 is 23.0 Å². The van der Waals surface area contributed by atoms with Crippen molar-refractivity contribution in [2.45, 2.75) is 12.3 Å². The fourth-order valence-corrected chi connectivity index (χ4v) is 2.84. The van der Waals surface area contributed by atoms with Gasteiger partial charge in [-0.05, 0) is 30.3 Å². The van der Waals surface area contributed by atoms with Crippen molar-refractivity contribution in [3.8, 4) is 17.0 Å². The van der Waals surface area contributed by atoms with Crippen molar-refractivity contribution in [3.05, 3.63) is 46.9 Å². The lowest BCUT2D eigenvalue weighted by atomic mass is 9.84. The van der Waals surface area contributed by atoms with Gasteiger partial charge >= 0.3 is 5.97 Å². The third kappa shape index (κ3) is 2.94. The van der Waals surface area contributed by atoms with Gasteiger partial charge in [-0.1, -0.05) is 11.6 Å². The topological polar surface area (TPSA) is 48.4 Å². The molecule has 0 fully saturated rings. The molecule has 1 atom stereocenters. The molecule has 2 heterocycles. The number of alkyl halides is 1.